The van der Waals surface area contributed by atoms with Crippen LogP contribution in [0.5, 0.6) is 0 Å². The van der Waals surface area contributed by atoms with Crippen LogP contribution in [0.4, 0.5) is 17.1 Å². The number of fused-ring (bicyclic) bond motifs is 4. The van der Waals surface area contributed by atoms with Crippen LogP contribution < -0.4 is 16.2 Å². The van der Waals surface area contributed by atoms with Crippen LogP contribution in [-0.2, 0) is 5.41 Å². The van der Waals surface area contributed by atoms with E-state index in [9.17, 15) is 4.79 Å². The largest absolute Gasteiger partial charge is 0.310 e. The Morgan fingerprint density at radius 3 is 2.07 bits per heavy atom. The smallest absolute Gasteiger partial charge is 0.265 e. The van der Waals surface area contributed by atoms with Crippen molar-refractivity contribution in [3.05, 3.63) is 150 Å². The third-order valence-corrected chi connectivity index (χ3v) is 8.55. The minimum absolute atomic E-state index is 0.287. The van der Waals surface area contributed by atoms with E-state index in [1.54, 1.807) is 0 Å². The highest BCUT2D eigenvalue weighted by molar-refractivity contribution is 6.01. The molecule has 0 aliphatic heterocycles. The Hall–Kier alpha value is -5.19. The lowest BCUT2D eigenvalue weighted by Crippen LogP contribution is -2.30. The van der Waals surface area contributed by atoms with Gasteiger partial charge in [-0.1, -0.05) is 105 Å². The molecule has 0 spiro atoms. The predicted molar refractivity (Wildman–Crippen MR) is 173 cm³/mol. The Labute approximate surface area is 246 Å². The molecule has 4 heteroatoms. The average molecular weight is 546 g/mol. The number of benzene rings is 6. The molecule has 0 saturated carbocycles. The van der Waals surface area contributed by atoms with Gasteiger partial charge in [0.1, 0.15) is 0 Å². The van der Waals surface area contributed by atoms with Crippen LogP contribution in [0.25, 0.3) is 33.0 Å². The first-order chi connectivity index (χ1) is 20.5. The molecule has 0 heterocycles. The van der Waals surface area contributed by atoms with Gasteiger partial charge in [0.05, 0.1) is 5.69 Å². The second-order valence-electron chi connectivity index (χ2n) is 11.3. The highest BCUT2D eigenvalue weighted by Gasteiger charge is 2.36. The first kappa shape index (κ1) is 25.8. The fourth-order valence-corrected chi connectivity index (χ4v) is 6.45. The van der Waals surface area contributed by atoms with Crippen molar-refractivity contribution in [2.75, 3.05) is 4.90 Å². The van der Waals surface area contributed by atoms with Gasteiger partial charge in [0, 0.05) is 27.9 Å². The number of carbonyl (C=O) groups excluding carboxylic acids is 1. The summed E-state index contributed by atoms with van der Waals surface area (Å²) in [6.45, 7) is 4.45. The molecule has 0 radical (unpaired) electrons. The van der Waals surface area contributed by atoms with Crippen LogP contribution in [0.3, 0.4) is 0 Å². The molecule has 0 unspecified atom stereocenters. The van der Waals surface area contributed by atoms with E-state index in [1.165, 1.54) is 33.0 Å². The summed E-state index contributed by atoms with van der Waals surface area (Å²) in [5, 5.41) is 2.44. The highest BCUT2D eigenvalue weighted by atomic mass is 16.2. The molecule has 3 N–H and O–H groups in total. The molecule has 0 aromatic heterocycles. The summed E-state index contributed by atoms with van der Waals surface area (Å²) in [6.07, 6.45) is 0. The zero-order chi connectivity index (χ0) is 28.8. The molecular formula is C38H31N3O. The Bertz CT molecular complexity index is 1970. The number of carbonyl (C=O) groups is 1. The lowest BCUT2D eigenvalue weighted by molar-refractivity contribution is 0.0953. The van der Waals surface area contributed by atoms with Crippen molar-refractivity contribution in [2.45, 2.75) is 19.3 Å². The fraction of sp³-hybridized carbons (Fsp3) is 0.0789. The van der Waals surface area contributed by atoms with Crippen LogP contribution in [0, 0.1) is 0 Å². The van der Waals surface area contributed by atoms with Crippen molar-refractivity contribution in [1.82, 2.24) is 5.43 Å². The van der Waals surface area contributed by atoms with Gasteiger partial charge in [-0.3, -0.25) is 10.2 Å². The quantitative estimate of drug-likeness (QED) is 0.129. The number of hydrazine groups is 1. The van der Waals surface area contributed by atoms with Gasteiger partial charge >= 0.3 is 0 Å². The van der Waals surface area contributed by atoms with Crippen LogP contribution in [0.1, 0.15) is 35.3 Å². The number of hydrogen-bond donors (Lipinski definition) is 2. The van der Waals surface area contributed by atoms with Gasteiger partial charge in [0.2, 0.25) is 0 Å². The van der Waals surface area contributed by atoms with E-state index >= 15 is 0 Å². The van der Waals surface area contributed by atoms with Gasteiger partial charge < -0.3 is 4.90 Å². The topological polar surface area (TPSA) is 58.4 Å². The summed E-state index contributed by atoms with van der Waals surface area (Å²) < 4.78 is 0. The molecule has 42 heavy (non-hydrogen) atoms. The molecule has 204 valence electrons. The predicted octanol–water partition coefficient (Wildman–Crippen LogP) is 8.89. The van der Waals surface area contributed by atoms with Gasteiger partial charge in [0.15, 0.2) is 0 Å². The normalized spacial score (nSPS) is 12.9. The maximum atomic E-state index is 12.3. The summed E-state index contributed by atoms with van der Waals surface area (Å²) >= 11 is 0. The Morgan fingerprint density at radius 2 is 1.26 bits per heavy atom. The number of amides is 1. The minimum Gasteiger partial charge on any atom is -0.310 e. The number of nitrogens with zero attached hydrogens (tertiary/aromatic N) is 1. The number of anilines is 3. The second kappa shape index (κ2) is 10.0. The van der Waals surface area contributed by atoms with Crippen molar-refractivity contribution >= 4 is 33.7 Å². The number of nitrogens with two attached hydrogens (primary N) is 1. The zero-order valence-corrected chi connectivity index (χ0v) is 23.6. The third kappa shape index (κ3) is 4.08. The Morgan fingerprint density at radius 1 is 0.619 bits per heavy atom. The molecule has 0 saturated heterocycles. The second-order valence-corrected chi connectivity index (χ2v) is 11.3. The molecule has 0 bridgehead atoms. The van der Waals surface area contributed by atoms with E-state index < -0.39 is 0 Å². The lowest BCUT2D eigenvalue weighted by atomic mass is 9.81. The van der Waals surface area contributed by atoms with E-state index in [-0.39, 0.29) is 11.3 Å². The molecule has 0 fully saturated rings. The summed E-state index contributed by atoms with van der Waals surface area (Å²) in [5.74, 6) is 5.16. The van der Waals surface area contributed by atoms with E-state index in [1.807, 2.05) is 18.2 Å². The van der Waals surface area contributed by atoms with E-state index in [2.05, 4.69) is 139 Å². The van der Waals surface area contributed by atoms with Crippen molar-refractivity contribution in [3.63, 3.8) is 0 Å². The number of nitrogens with one attached hydrogen (secondary N) is 1. The van der Waals surface area contributed by atoms with Gasteiger partial charge in [-0.25, -0.2) is 5.84 Å². The van der Waals surface area contributed by atoms with Crippen molar-refractivity contribution in [1.29, 1.82) is 0 Å². The van der Waals surface area contributed by atoms with E-state index in [0.717, 1.165) is 28.2 Å². The number of nitrogen functional groups attached to an aromatic ring is 1. The number of hydrogen-bond acceptors (Lipinski definition) is 3. The Kier molecular flexibility index (Phi) is 6.14. The maximum Gasteiger partial charge on any atom is 0.265 e. The molecule has 4 nitrogen and oxygen atoms in total. The van der Waals surface area contributed by atoms with Crippen LogP contribution >= 0.6 is 0 Å². The summed E-state index contributed by atoms with van der Waals surface area (Å²) in [5.41, 5.74) is 12.8. The monoisotopic (exact) mass is 545 g/mol. The first-order valence-corrected chi connectivity index (χ1v) is 14.2. The van der Waals surface area contributed by atoms with E-state index in [4.69, 9.17) is 5.84 Å². The van der Waals surface area contributed by atoms with Gasteiger partial charge in [-0.05, 0) is 81.1 Å². The third-order valence-electron chi connectivity index (χ3n) is 8.55. The average Bonchev–Trinajstić information content (AvgIpc) is 3.26. The lowest BCUT2D eigenvalue weighted by Gasteiger charge is -2.30. The van der Waals surface area contributed by atoms with E-state index in [0.29, 0.717) is 5.56 Å². The standard InChI is InChI=1S/C38H31N3O/c1-38(2)34-23-26(37(42)40-39)19-21-31(34)32-22-20-28(24-35(32)38)41(27-13-4-3-5-14-27)36-18-9-8-16-33(36)30-17-10-12-25-11-6-7-15-29(25)30/h3-24H,39H2,1-2H3,(H,40,42). The summed E-state index contributed by atoms with van der Waals surface area (Å²) in [7, 11) is 0. The maximum absolute atomic E-state index is 12.3. The highest BCUT2D eigenvalue weighted by Crippen LogP contribution is 2.51. The number of para-hydroxylation sites is 2. The van der Waals surface area contributed by atoms with Crippen molar-refractivity contribution in [3.8, 4) is 22.3 Å². The fourth-order valence-electron chi connectivity index (χ4n) is 6.45. The van der Waals surface area contributed by atoms with Gasteiger partial charge in [-0.15, -0.1) is 0 Å². The van der Waals surface area contributed by atoms with Crippen LogP contribution in [0.2, 0.25) is 0 Å². The van der Waals surface area contributed by atoms with Crippen molar-refractivity contribution < 1.29 is 4.79 Å². The van der Waals surface area contributed by atoms with Gasteiger partial charge in [-0.2, -0.15) is 0 Å². The molecule has 1 amide bonds. The van der Waals surface area contributed by atoms with Crippen LogP contribution in [-0.4, -0.2) is 5.91 Å². The molecule has 1 aliphatic carbocycles. The molecule has 7 rings (SSSR count). The molecule has 6 aromatic carbocycles. The Balaban J connectivity index is 1.42. The summed E-state index contributed by atoms with van der Waals surface area (Å²) in [4.78, 5) is 14.7. The minimum atomic E-state index is -0.303. The molecular weight excluding hydrogens is 514 g/mol. The molecule has 0 atom stereocenters. The number of rotatable bonds is 5. The SMILES string of the molecule is CC1(C)c2cc(C(=O)NN)ccc2-c2ccc(N(c3ccccc3)c3ccccc3-c3cccc4ccccc34)cc21. The zero-order valence-electron chi connectivity index (χ0n) is 23.6. The van der Waals surface area contributed by atoms with Gasteiger partial charge in [0.25, 0.3) is 5.91 Å². The summed E-state index contributed by atoms with van der Waals surface area (Å²) in [6, 6.07) is 46.8. The first-order valence-electron chi connectivity index (χ1n) is 14.2. The van der Waals surface area contributed by atoms with Crippen molar-refractivity contribution in [2.24, 2.45) is 5.84 Å². The molecule has 6 aromatic rings. The molecule has 1 aliphatic rings. The van der Waals surface area contributed by atoms with Crippen LogP contribution in [0.15, 0.2) is 133 Å².